The molecule has 4 aromatic rings. The molecule has 1 aromatic heterocycles. The standard InChI is InChI=1S/C35H34N4O7/c1-22(40)37-25-9-7-24(8-10-25)34(42)38-26-11-13-27(14-12-26)45-28-15-17-29(18-16-28)46-33-19-6-23(21-36-33)20-32(41)39-31-5-3-2-4-30(31)35(43)44/h2-10,15-19,21,26-27H,11-14,20H2,1H3,(H,37,40)(H,38,42)(H,39,41)(H,43,44). The van der Waals surface area contributed by atoms with E-state index in [1.165, 1.54) is 19.2 Å². The molecule has 0 unspecified atom stereocenters. The van der Waals surface area contributed by atoms with Gasteiger partial charge in [-0.1, -0.05) is 18.2 Å². The molecule has 236 valence electrons. The van der Waals surface area contributed by atoms with Crippen molar-refractivity contribution in [2.75, 3.05) is 10.6 Å². The minimum atomic E-state index is -1.12. The molecule has 3 aromatic carbocycles. The lowest BCUT2D eigenvalue weighted by molar-refractivity contribution is -0.116. The van der Waals surface area contributed by atoms with Crippen LogP contribution in [0.25, 0.3) is 0 Å². The maximum absolute atomic E-state index is 12.7. The van der Waals surface area contributed by atoms with E-state index in [9.17, 15) is 24.3 Å². The van der Waals surface area contributed by atoms with Gasteiger partial charge in [0.1, 0.15) is 11.5 Å². The number of carbonyl (C=O) groups excluding carboxylic acids is 3. The van der Waals surface area contributed by atoms with Crippen LogP contribution in [-0.4, -0.2) is 45.9 Å². The van der Waals surface area contributed by atoms with Gasteiger partial charge in [-0.25, -0.2) is 9.78 Å². The monoisotopic (exact) mass is 622 g/mol. The molecule has 0 radical (unpaired) electrons. The van der Waals surface area contributed by atoms with E-state index >= 15 is 0 Å². The highest BCUT2D eigenvalue weighted by Crippen LogP contribution is 2.27. The van der Waals surface area contributed by atoms with E-state index in [0.717, 1.165) is 31.4 Å². The number of benzene rings is 3. The fraction of sp³-hybridized carbons (Fsp3) is 0.229. The van der Waals surface area contributed by atoms with E-state index in [2.05, 4.69) is 20.9 Å². The largest absolute Gasteiger partial charge is 0.490 e. The molecular formula is C35H34N4O7. The fourth-order valence-electron chi connectivity index (χ4n) is 5.14. The van der Waals surface area contributed by atoms with Crippen molar-refractivity contribution in [2.45, 2.75) is 51.2 Å². The number of ether oxygens (including phenoxy) is 2. The van der Waals surface area contributed by atoms with E-state index in [0.29, 0.717) is 28.4 Å². The zero-order valence-corrected chi connectivity index (χ0v) is 25.2. The quantitative estimate of drug-likeness (QED) is 0.163. The number of rotatable bonds is 11. The van der Waals surface area contributed by atoms with E-state index in [1.807, 2.05) is 12.1 Å². The summed E-state index contributed by atoms with van der Waals surface area (Å²) in [6, 6.07) is 23.8. The Morgan fingerprint density at radius 2 is 1.52 bits per heavy atom. The van der Waals surface area contributed by atoms with Gasteiger partial charge in [0.25, 0.3) is 5.91 Å². The summed E-state index contributed by atoms with van der Waals surface area (Å²) in [6.45, 7) is 1.44. The third-order valence-corrected chi connectivity index (χ3v) is 7.42. The van der Waals surface area contributed by atoms with Gasteiger partial charge in [-0.15, -0.1) is 0 Å². The summed E-state index contributed by atoms with van der Waals surface area (Å²) >= 11 is 0. The zero-order valence-electron chi connectivity index (χ0n) is 25.2. The van der Waals surface area contributed by atoms with Crippen molar-refractivity contribution >= 4 is 35.1 Å². The number of carboxylic acid groups (broad SMARTS) is 1. The number of carbonyl (C=O) groups is 4. The second-order valence-electron chi connectivity index (χ2n) is 11.0. The van der Waals surface area contributed by atoms with Gasteiger partial charge < -0.3 is 30.5 Å². The van der Waals surface area contributed by atoms with Crippen LogP contribution < -0.4 is 25.4 Å². The predicted molar refractivity (Wildman–Crippen MR) is 171 cm³/mol. The first-order valence-corrected chi connectivity index (χ1v) is 14.9. The van der Waals surface area contributed by atoms with Crippen molar-refractivity contribution in [2.24, 2.45) is 0 Å². The average Bonchev–Trinajstić information content (AvgIpc) is 3.04. The molecule has 11 nitrogen and oxygen atoms in total. The Balaban J connectivity index is 1.04. The predicted octanol–water partition coefficient (Wildman–Crippen LogP) is 5.83. The maximum Gasteiger partial charge on any atom is 0.337 e. The topological polar surface area (TPSA) is 156 Å². The third kappa shape index (κ3) is 8.91. The van der Waals surface area contributed by atoms with Crippen molar-refractivity contribution in [3.05, 3.63) is 108 Å². The maximum atomic E-state index is 12.7. The number of nitrogens with zero attached hydrogens (tertiary/aromatic N) is 1. The Labute approximate surface area is 266 Å². The summed E-state index contributed by atoms with van der Waals surface area (Å²) in [5.41, 5.74) is 2.10. The van der Waals surface area contributed by atoms with Crippen molar-refractivity contribution in [3.8, 4) is 17.4 Å². The first kappa shape index (κ1) is 31.7. The van der Waals surface area contributed by atoms with E-state index in [4.69, 9.17) is 9.47 Å². The van der Waals surface area contributed by atoms with Crippen LogP contribution in [0.1, 0.15) is 58.9 Å². The molecule has 46 heavy (non-hydrogen) atoms. The molecule has 1 fully saturated rings. The first-order chi connectivity index (χ1) is 22.2. The highest BCUT2D eigenvalue weighted by Gasteiger charge is 2.24. The summed E-state index contributed by atoms with van der Waals surface area (Å²) < 4.78 is 12.0. The normalized spacial score (nSPS) is 15.7. The van der Waals surface area contributed by atoms with E-state index < -0.39 is 5.97 Å². The molecule has 11 heteroatoms. The second kappa shape index (κ2) is 14.8. The fourth-order valence-corrected chi connectivity index (χ4v) is 5.14. The molecule has 4 N–H and O–H groups in total. The number of nitrogens with one attached hydrogen (secondary N) is 3. The number of pyridine rings is 1. The van der Waals surface area contributed by atoms with Gasteiger partial charge in [-0.2, -0.15) is 0 Å². The van der Waals surface area contributed by atoms with Crippen LogP contribution in [0.15, 0.2) is 91.1 Å². The summed E-state index contributed by atoms with van der Waals surface area (Å²) in [5, 5.41) is 17.7. The van der Waals surface area contributed by atoms with Crippen LogP contribution in [-0.2, 0) is 16.0 Å². The molecule has 0 atom stereocenters. The van der Waals surface area contributed by atoms with Gasteiger partial charge >= 0.3 is 5.97 Å². The van der Waals surface area contributed by atoms with Crippen LogP contribution in [0.5, 0.6) is 17.4 Å². The second-order valence-corrected chi connectivity index (χ2v) is 11.0. The minimum Gasteiger partial charge on any atom is -0.490 e. The molecule has 1 aliphatic carbocycles. The van der Waals surface area contributed by atoms with Crippen LogP contribution in [0.4, 0.5) is 11.4 Å². The number of anilines is 2. The molecule has 0 bridgehead atoms. The van der Waals surface area contributed by atoms with Gasteiger partial charge in [0.15, 0.2) is 0 Å². The number of aromatic carboxylic acids is 1. The highest BCUT2D eigenvalue weighted by atomic mass is 16.5. The summed E-state index contributed by atoms with van der Waals surface area (Å²) in [6.07, 6.45) is 4.84. The highest BCUT2D eigenvalue weighted by molar-refractivity contribution is 6.01. The molecule has 0 spiro atoms. The summed E-state index contributed by atoms with van der Waals surface area (Å²) in [4.78, 5) is 51.9. The molecule has 5 rings (SSSR count). The SMILES string of the molecule is CC(=O)Nc1ccc(C(=O)NC2CCC(Oc3ccc(Oc4ccc(CC(=O)Nc5ccccc5C(=O)O)cn4)cc3)CC2)cc1. The van der Waals surface area contributed by atoms with Crippen molar-refractivity contribution in [1.82, 2.24) is 10.3 Å². The van der Waals surface area contributed by atoms with E-state index in [-0.39, 0.29) is 47.5 Å². The van der Waals surface area contributed by atoms with Gasteiger partial charge in [0, 0.05) is 36.5 Å². The lowest BCUT2D eigenvalue weighted by atomic mass is 9.92. The number of hydrogen-bond donors (Lipinski definition) is 4. The Hall–Kier alpha value is -5.71. The van der Waals surface area contributed by atoms with Gasteiger partial charge in [0.2, 0.25) is 17.7 Å². The molecule has 3 amide bonds. The first-order valence-electron chi connectivity index (χ1n) is 14.9. The van der Waals surface area contributed by atoms with Crippen LogP contribution >= 0.6 is 0 Å². The minimum absolute atomic E-state index is 0.0208. The van der Waals surface area contributed by atoms with Crippen LogP contribution in [0, 0.1) is 0 Å². The Morgan fingerprint density at radius 3 is 2.17 bits per heavy atom. The molecule has 1 heterocycles. The lowest BCUT2D eigenvalue weighted by Gasteiger charge is -2.29. The molecule has 1 aliphatic rings. The number of amides is 3. The van der Waals surface area contributed by atoms with Gasteiger partial charge in [-0.3, -0.25) is 14.4 Å². The zero-order chi connectivity index (χ0) is 32.5. The van der Waals surface area contributed by atoms with Crippen molar-refractivity contribution in [3.63, 3.8) is 0 Å². The smallest absolute Gasteiger partial charge is 0.337 e. The lowest BCUT2D eigenvalue weighted by Crippen LogP contribution is -2.39. The summed E-state index contributed by atoms with van der Waals surface area (Å²) in [7, 11) is 0. The Morgan fingerprint density at radius 1 is 0.826 bits per heavy atom. The average molecular weight is 623 g/mol. The number of hydrogen-bond acceptors (Lipinski definition) is 7. The molecular weight excluding hydrogens is 588 g/mol. The number of carboxylic acids is 1. The summed E-state index contributed by atoms with van der Waals surface area (Å²) in [5.74, 6) is -0.115. The number of para-hydroxylation sites is 1. The number of aromatic nitrogens is 1. The molecule has 1 saturated carbocycles. The Kier molecular flexibility index (Phi) is 10.2. The third-order valence-electron chi connectivity index (χ3n) is 7.42. The van der Waals surface area contributed by atoms with Crippen LogP contribution in [0.3, 0.4) is 0 Å². The Bertz CT molecular complexity index is 1680. The van der Waals surface area contributed by atoms with Crippen molar-refractivity contribution < 1.29 is 33.8 Å². The van der Waals surface area contributed by atoms with E-state index in [1.54, 1.807) is 66.7 Å². The molecule has 0 saturated heterocycles. The molecule has 0 aliphatic heterocycles. The van der Waals surface area contributed by atoms with Gasteiger partial charge in [0.05, 0.1) is 23.8 Å². The van der Waals surface area contributed by atoms with Crippen molar-refractivity contribution in [1.29, 1.82) is 0 Å². The van der Waals surface area contributed by atoms with Crippen LogP contribution in [0.2, 0.25) is 0 Å². The van der Waals surface area contributed by atoms with Gasteiger partial charge in [-0.05, 0) is 91.9 Å².